The highest BCUT2D eigenvalue weighted by molar-refractivity contribution is 7.15. The van der Waals surface area contributed by atoms with Gasteiger partial charge in [-0.1, -0.05) is 25.4 Å². The number of nitrogens with one attached hydrogen (secondary N) is 1. The van der Waals surface area contributed by atoms with Gasteiger partial charge in [0, 0.05) is 12.6 Å². The molecule has 0 aromatic carbocycles. The smallest absolute Gasteiger partial charge is 0.113 e. The average molecular weight is 219 g/mol. The SMILES string of the molecule is CC(C)C(C)NCc1ncc(Cl)s1. The van der Waals surface area contributed by atoms with Crippen LogP contribution >= 0.6 is 22.9 Å². The molecule has 1 atom stereocenters. The average Bonchev–Trinajstić information content (AvgIpc) is 2.47. The van der Waals surface area contributed by atoms with Crippen molar-refractivity contribution in [2.24, 2.45) is 5.92 Å². The molecule has 0 amide bonds. The highest BCUT2D eigenvalue weighted by atomic mass is 35.5. The lowest BCUT2D eigenvalue weighted by atomic mass is 10.1. The molecule has 2 nitrogen and oxygen atoms in total. The van der Waals surface area contributed by atoms with Gasteiger partial charge in [-0.25, -0.2) is 4.98 Å². The largest absolute Gasteiger partial charge is 0.308 e. The van der Waals surface area contributed by atoms with Crippen molar-refractivity contribution in [2.45, 2.75) is 33.4 Å². The first-order valence-electron chi connectivity index (χ1n) is 4.43. The molecule has 1 aromatic rings. The summed E-state index contributed by atoms with van der Waals surface area (Å²) in [7, 11) is 0. The van der Waals surface area contributed by atoms with E-state index in [0.717, 1.165) is 15.9 Å². The second-order valence-electron chi connectivity index (χ2n) is 3.47. The van der Waals surface area contributed by atoms with E-state index in [0.29, 0.717) is 12.0 Å². The molecule has 1 unspecified atom stereocenters. The van der Waals surface area contributed by atoms with Crippen molar-refractivity contribution in [2.75, 3.05) is 0 Å². The molecule has 0 aliphatic rings. The quantitative estimate of drug-likeness (QED) is 0.841. The Bertz CT molecular complexity index is 260. The Morgan fingerprint density at radius 1 is 1.54 bits per heavy atom. The van der Waals surface area contributed by atoms with Gasteiger partial charge in [0.25, 0.3) is 0 Å². The number of nitrogens with zero attached hydrogens (tertiary/aromatic N) is 1. The first kappa shape index (κ1) is 11.0. The Balaban J connectivity index is 2.35. The van der Waals surface area contributed by atoms with Crippen molar-refractivity contribution in [1.82, 2.24) is 10.3 Å². The lowest BCUT2D eigenvalue weighted by Gasteiger charge is -2.16. The van der Waals surface area contributed by atoms with Crippen LogP contribution in [0, 0.1) is 5.92 Å². The molecule has 1 heterocycles. The van der Waals surface area contributed by atoms with Crippen molar-refractivity contribution in [3.8, 4) is 0 Å². The predicted octanol–water partition coefficient (Wildman–Crippen LogP) is 2.93. The van der Waals surface area contributed by atoms with Crippen molar-refractivity contribution < 1.29 is 0 Å². The van der Waals surface area contributed by atoms with Crippen LogP contribution in [0.5, 0.6) is 0 Å². The summed E-state index contributed by atoms with van der Waals surface area (Å²) in [5.41, 5.74) is 0. The van der Waals surface area contributed by atoms with Gasteiger partial charge in [0.1, 0.15) is 9.34 Å². The highest BCUT2D eigenvalue weighted by Gasteiger charge is 2.07. The molecule has 0 saturated heterocycles. The van der Waals surface area contributed by atoms with Gasteiger partial charge in [0.2, 0.25) is 0 Å². The summed E-state index contributed by atoms with van der Waals surface area (Å²) in [5.74, 6) is 0.649. The van der Waals surface area contributed by atoms with Gasteiger partial charge in [0.15, 0.2) is 0 Å². The summed E-state index contributed by atoms with van der Waals surface area (Å²) in [5, 5.41) is 4.45. The molecule has 0 bridgehead atoms. The second-order valence-corrected chi connectivity index (χ2v) is 5.22. The maximum Gasteiger partial charge on any atom is 0.113 e. The zero-order valence-corrected chi connectivity index (χ0v) is 9.75. The van der Waals surface area contributed by atoms with Gasteiger partial charge in [-0.3, -0.25) is 0 Å². The van der Waals surface area contributed by atoms with Crippen LogP contribution in [0.2, 0.25) is 4.34 Å². The maximum atomic E-state index is 5.77. The van der Waals surface area contributed by atoms with Crippen LogP contribution in [0.3, 0.4) is 0 Å². The standard InChI is InChI=1S/C9H15ClN2S/c1-6(2)7(3)11-5-9-12-4-8(10)13-9/h4,6-7,11H,5H2,1-3H3. The number of hydrogen-bond donors (Lipinski definition) is 1. The van der Waals surface area contributed by atoms with Crippen LogP contribution in [-0.2, 0) is 6.54 Å². The van der Waals surface area contributed by atoms with Crippen LogP contribution in [0.1, 0.15) is 25.8 Å². The van der Waals surface area contributed by atoms with E-state index in [4.69, 9.17) is 11.6 Å². The molecular weight excluding hydrogens is 204 g/mol. The third-order valence-corrected chi connectivity index (χ3v) is 3.22. The van der Waals surface area contributed by atoms with E-state index in [2.05, 4.69) is 31.1 Å². The van der Waals surface area contributed by atoms with Gasteiger partial charge in [0.05, 0.1) is 6.20 Å². The summed E-state index contributed by atoms with van der Waals surface area (Å²) in [6.07, 6.45) is 1.70. The molecular formula is C9H15ClN2S. The maximum absolute atomic E-state index is 5.77. The lowest BCUT2D eigenvalue weighted by molar-refractivity contribution is 0.426. The Labute approximate surface area is 88.3 Å². The number of thiazole rings is 1. The van der Waals surface area contributed by atoms with Gasteiger partial charge in [-0.2, -0.15) is 0 Å². The van der Waals surface area contributed by atoms with Crippen LogP contribution < -0.4 is 5.32 Å². The molecule has 0 spiro atoms. The molecule has 0 aliphatic heterocycles. The molecule has 74 valence electrons. The summed E-state index contributed by atoms with van der Waals surface area (Å²) >= 11 is 7.30. The predicted molar refractivity (Wildman–Crippen MR) is 58.3 cm³/mol. The molecule has 0 saturated carbocycles. The Morgan fingerprint density at radius 2 is 2.23 bits per heavy atom. The van der Waals surface area contributed by atoms with Crippen molar-refractivity contribution >= 4 is 22.9 Å². The van der Waals surface area contributed by atoms with Crippen molar-refractivity contribution in [1.29, 1.82) is 0 Å². The highest BCUT2D eigenvalue weighted by Crippen LogP contribution is 2.18. The normalized spacial score (nSPS) is 13.6. The first-order valence-corrected chi connectivity index (χ1v) is 5.62. The number of hydrogen-bond acceptors (Lipinski definition) is 3. The Kier molecular flexibility index (Phi) is 4.16. The fourth-order valence-corrected chi connectivity index (χ4v) is 1.76. The van der Waals surface area contributed by atoms with E-state index >= 15 is 0 Å². The van der Waals surface area contributed by atoms with Gasteiger partial charge in [-0.15, -0.1) is 11.3 Å². The minimum Gasteiger partial charge on any atom is -0.308 e. The van der Waals surface area contributed by atoms with Crippen LogP contribution in [0.25, 0.3) is 0 Å². The molecule has 1 rings (SSSR count). The fraction of sp³-hybridized carbons (Fsp3) is 0.667. The molecule has 13 heavy (non-hydrogen) atoms. The monoisotopic (exact) mass is 218 g/mol. The van der Waals surface area contributed by atoms with E-state index in [1.165, 1.54) is 11.3 Å². The number of rotatable bonds is 4. The molecule has 0 radical (unpaired) electrons. The third-order valence-electron chi connectivity index (χ3n) is 2.10. The van der Waals surface area contributed by atoms with E-state index in [1.807, 2.05) is 0 Å². The van der Waals surface area contributed by atoms with E-state index in [1.54, 1.807) is 6.20 Å². The first-order chi connectivity index (χ1) is 6.09. The van der Waals surface area contributed by atoms with Gasteiger partial charge < -0.3 is 5.32 Å². The fourth-order valence-electron chi connectivity index (χ4n) is 0.854. The summed E-state index contributed by atoms with van der Waals surface area (Å²) in [6.45, 7) is 7.40. The second kappa shape index (κ2) is 4.94. The van der Waals surface area contributed by atoms with E-state index in [9.17, 15) is 0 Å². The number of halogens is 1. The lowest BCUT2D eigenvalue weighted by Crippen LogP contribution is -2.30. The molecule has 4 heteroatoms. The molecule has 0 aliphatic carbocycles. The van der Waals surface area contributed by atoms with Crippen LogP contribution in [0.4, 0.5) is 0 Å². The van der Waals surface area contributed by atoms with E-state index in [-0.39, 0.29) is 0 Å². The summed E-state index contributed by atoms with van der Waals surface area (Å²) < 4.78 is 0.758. The summed E-state index contributed by atoms with van der Waals surface area (Å²) in [6, 6.07) is 0.516. The minimum atomic E-state index is 0.516. The van der Waals surface area contributed by atoms with E-state index < -0.39 is 0 Å². The molecule has 0 fully saturated rings. The minimum absolute atomic E-state index is 0.516. The molecule has 1 N–H and O–H groups in total. The molecule has 1 aromatic heterocycles. The van der Waals surface area contributed by atoms with Gasteiger partial charge in [-0.05, 0) is 12.8 Å². The van der Waals surface area contributed by atoms with Crippen molar-refractivity contribution in [3.05, 3.63) is 15.5 Å². The summed E-state index contributed by atoms with van der Waals surface area (Å²) in [4.78, 5) is 4.17. The topological polar surface area (TPSA) is 24.9 Å². The Hall–Kier alpha value is -0.120. The zero-order valence-electron chi connectivity index (χ0n) is 8.17. The zero-order chi connectivity index (χ0) is 9.84. The Morgan fingerprint density at radius 3 is 2.69 bits per heavy atom. The van der Waals surface area contributed by atoms with Crippen molar-refractivity contribution in [3.63, 3.8) is 0 Å². The number of aromatic nitrogens is 1. The van der Waals surface area contributed by atoms with Crippen LogP contribution in [0.15, 0.2) is 6.20 Å². The third kappa shape index (κ3) is 3.63. The van der Waals surface area contributed by atoms with Crippen LogP contribution in [-0.4, -0.2) is 11.0 Å². The van der Waals surface area contributed by atoms with Gasteiger partial charge >= 0.3 is 0 Å².